The van der Waals surface area contributed by atoms with Crippen molar-refractivity contribution < 1.29 is 9.90 Å². The van der Waals surface area contributed by atoms with Crippen molar-refractivity contribution in [1.82, 2.24) is 0 Å². The Morgan fingerprint density at radius 1 is 1.60 bits per heavy atom. The molecule has 0 amide bonds. The Balaban J connectivity index is 2.20. The zero-order valence-corrected chi connectivity index (χ0v) is 9.51. The lowest BCUT2D eigenvalue weighted by atomic mass is 10.0. The van der Waals surface area contributed by atoms with Crippen molar-refractivity contribution in [2.24, 2.45) is 0 Å². The number of aliphatic carboxylic acids is 1. The Hall–Kier alpha value is -0.960. The molecule has 0 aromatic heterocycles. The average Bonchev–Trinajstić information content (AvgIpc) is 2.61. The van der Waals surface area contributed by atoms with E-state index in [-0.39, 0.29) is 5.25 Å². The van der Waals surface area contributed by atoms with Crippen molar-refractivity contribution in [2.75, 3.05) is 0 Å². The van der Waals surface area contributed by atoms with E-state index in [9.17, 15) is 4.79 Å². The molecule has 3 heteroatoms. The molecular formula is C12H14O2S. The fourth-order valence-corrected chi connectivity index (χ4v) is 2.99. The fraction of sp³-hybridized carbons (Fsp3) is 0.417. The van der Waals surface area contributed by atoms with Gasteiger partial charge in [-0.3, -0.25) is 4.79 Å². The van der Waals surface area contributed by atoms with Gasteiger partial charge in [-0.2, -0.15) is 0 Å². The molecule has 0 bridgehead atoms. The fourth-order valence-electron chi connectivity index (χ4n) is 1.88. The Kier molecular flexibility index (Phi) is 3.00. The van der Waals surface area contributed by atoms with Gasteiger partial charge in [0, 0.05) is 4.90 Å². The molecule has 1 N–H and O–H groups in total. The van der Waals surface area contributed by atoms with E-state index in [1.807, 2.05) is 0 Å². The van der Waals surface area contributed by atoms with Crippen LogP contribution in [0.15, 0.2) is 23.1 Å². The SMILES string of the molecule is CCCc1ccc2c(c1)CC(C(=O)O)S2. The van der Waals surface area contributed by atoms with Crippen LogP contribution >= 0.6 is 11.8 Å². The van der Waals surface area contributed by atoms with Crippen LogP contribution in [0.3, 0.4) is 0 Å². The second-order valence-corrected chi connectivity index (χ2v) is 5.09. The highest BCUT2D eigenvalue weighted by molar-refractivity contribution is 8.01. The number of thioether (sulfide) groups is 1. The van der Waals surface area contributed by atoms with Gasteiger partial charge in [-0.15, -0.1) is 11.8 Å². The maximum absolute atomic E-state index is 10.9. The molecule has 80 valence electrons. The molecule has 1 aromatic carbocycles. The van der Waals surface area contributed by atoms with Crippen LogP contribution in [0.1, 0.15) is 24.5 Å². The molecule has 0 saturated heterocycles. The maximum atomic E-state index is 10.9. The predicted molar refractivity (Wildman–Crippen MR) is 61.4 cm³/mol. The molecule has 2 nitrogen and oxygen atoms in total. The quantitative estimate of drug-likeness (QED) is 0.854. The van der Waals surface area contributed by atoms with Crippen molar-refractivity contribution in [1.29, 1.82) is 0 Å². The standard InChI is InChI=1S/C12H14O2S/c1-2-3-8-4-5-10-9(6-8)7-11(15-10)12(13)14/h4-6,11H,2-3,7H2,1H3,(H,13,14). The molecule has 1 aromatic rings. The molecule has 1 unspecified atom stereocenters. The Bertz CT molecular complexity index is 387. The summed E-state index contributed by atoms with van der Waals surface area (Å²) in [6.45, 7) is 2.15. The number of fused-ring (bicyclic) bond motifs is 1. The summed E-state index contributed by atoms with van der Waals surface area (Å²) in [4.78, 5) is 12.0. The van der Waals surface area contributed by atoms with Gasteiger partial charge < -0.3 is 5.11 Å². The largest absolute Gasteiger partial charge is 0.480 e. The predicted octanol–water partition coefficient (Wildman–Crippen LogP) is 2.74. The monoisotopic (exact) mass is 222 g/mol. The van der Waals surface area contributed by atoms with Crippen LogP contribution in [0.5, 0.6) is 0 Å². The second kappa shape index (κ2) is 4.27. The van der Waals surface area contributed by atoms with Crippen LogP contribution in [0, 0.1) is 0 Å². The first kappa shape index (κ1) is 10.6. The summed E-state index contributed by atoms with van der Waals surface area (Å²) in [7, 11) is 0. The number of hydrogen-bond acceptors (Lipinski definition) is 2. The number of rotatable bonds is 3. The Morgan fingerprint density at radius 3 is 3.07 bits per heavy atom. The molecule has 0 saturated carbocycles. The van der Waals surface area contributed by atoms with Crippen LogP contribution in [0.4, 0.5) is 0 Å². The summed E-state index contributed by atoms with van der Waals surface area (Å²) in [6.07, 6.45) is 2.89. The van der Waals surface area contributed by atoms with Crippen LogP contribution in [0.25, 0.3) is 0 Å². The van der Waals surface area contributed by atoms with Gasteiger partial charge in [-0.25, -0.2) is 0 Å². The summed E-state index contributed by atoms with van der Waals surface area (Å²) in [6, 6.07) is 6.34. The molecule has 0 aliphatic carbocycles. The van der Waals surface area contributed by atoms with Crippen molar-refractivity contribution >= 4 is 17.7 Å². The number of carbonyl (C=O) groups is 1. The Labute approximate surface area is 93.7 Å². The third-order valence-corrected chi connectivity index (χ3v) is 3.92. The number of benzene rings is 1. The van der Waals surface area contributed by atoms with Crippen molar-refractivity contribution in [2.45, 2.75) is 36.3 Å². The van der Waals surface area contributed by atoms with Gasteiger partial charge in [-0.05, 0) is 30.0 Å². The topological polar surface area (TPSA) is 37.3 Å². The lowest BCUT2D eigenvalue weighted by molar-refractivity contribution is -0.136. The summed E-state index contributed by atoms with van der Waals surface area (Å²) in [5.41, 5.74) is 2.53. The third-order valence-electron chi connectivity index (χ3n) is 2.61. The first-order chi connectivity index (χ1) is 7.20. The first-order valence-corrected chi connectivity index (χ1v) is 6.10. The van der Waals surface area contributed by atoms with Gasteiger partial charge in [0.05, 0.1) is 0 Å². The van der Waals surface area contributed by atoms with Gasteiger partial charge in [0.25, 0.3) is 0 Å². The average molecular weight is 222 g/mol. The van der Waals surface area contributed by atoms with Crippen LogP contribution in [-0.4, -0.2) is 16.3 Å². The molecule has 0 spiro atoms. The van der Waals surface area contributed by atoms with Gasteiger partial charge in [0.1, 0.15) is 5.25 Å². The summed E-state index contributed by atoms with van der Waals surface area (Å²) < 4.78 is 0. The number of hydrogen-bond donors (Lipinski definition) is 1. The highest BCUT2D eigenvalue weighted by Gasteiger charge is 2.27. The molecule has 1 aliphatic heterocycles. The smallest absolute Gasteiger partial charge is 0.317 e. The zero-order valence-electron chi connectivity index (χ0n) is 8.69. The molecule has 1 aliphatic rings. The van der Waals surface area contributed by atoms with Gasteiger partial charge in [0.2, 0.25) is 0 Å². The van der Waals surface area contributed by atoms with E-state index < -0.39 is 5.97 Å². The Morgan fingerprint density at radius 2 is 2.40 bits per heavy atom. The molecule has 0 fully saturated rings. The minimum Gasteiger partial charge on any atom is -0.480 e. The third kappa shape index (κ3) is 2.17. The minimum absolute atomic E-state index is 0.281. The van der Waals surface area contributed by atoms with E-state index >= 15 is 0 Å². The lowest BCUT2D eigenvalue weighted by Crippen LogP contribution is -2.14. The summed E-state index contributed by atoms with van der Waals surface area (Å²) in [5.74, 6) is -0.701. The number of carboxylic acid groups (broad SMARTS) is 1. The van der Waals surface area contributed by atoms with E-state index in [1.54, 1.807) is 0 Å². The highest BCUT2D eigenvalue weighted by Crippen LogP contribution is 2.37. The summed E-state index contributed by atoms with van der Waals surface area (Å²) >= 11 is 1.47. The van der Waals surface area contributed by atoms with Gasteiger partial charge >= 0.3 is 5.97 Å². The van der Waals surface area contributed by atoms with E-state index in [1.165, 1.54) is 22.9 Å². The molecule has 1 atom stereocenters. The first-order valence-electron chi connectivity index (χ1n) is 5.22. The second-order valence-electron chi connectivity index (χ2n) is 3.84. The van der Waals surface area contributed by atoms with Crippen LogP contribution < -0.4 is 0 Å². The minimum atomic E-state index is -0.701. The van der Waals surface area contributed by atoms with Crippen molar-refractivity contribution in [3.8, 4) is 0 Å². The van der Waals surface area contributed by atoms with E-state index in [2.05, 4.69) is 25.1 Å². The van der Waals surface area contributed by atoms with Crippen molar-refractivity contribution in [3.63, 3.8) is 0 Å². The lowest BCUT2D eigenvalue weighted by Gasteiger charge is -2.01. The van der Waals surface area contributed by atoms with Gasteiger partial charge in [0.15, 0.2) is 0 Å². The van der Waals surface area contributed by atoms with Crippen molar-refractivity contribution in [3.05, 3.63) is 29.3 Å². The molecule has 1 heterocycles. The van der Waals surface area contributed by atoms with Crippen LogP contribution in [0.2, 0.25) is 0 Å². The number of aryl methyl sites for hydroxylation is 1. The molecule has 2 rings (SSSR count). The van der Waals surface area contributed by atoms with E-state index in [0.29, 0.717) is 6.42 Å². The summed E-state index contributed by atoms with van der Waals surface area (Å²) in [5, 5.41) is 8.66. The van der Waals surface area contributed by atoms with Crippen LogP contribution in [-0.2, 0) is 17.6 Å². The number of carboxylic acids is 1. The van der Waals surface area contributed by atoms with Gasteiger partial charge in [-0.1, -0.05) is 25.5 Å². The highest BCUT2D eigenvalue weighted by atomic mass is 32.2. The molecule has 15 heavy (non-hydrogen) atoms. The zero-order chi connectivity index (χ0) is 10.8. The van der Waals surface area contributed by atoms with E-state index in [4.69, 9.17) is 5.11 Å². The molecule has 0 radical (unpaired) electrons. The van der Waals surface area contributed by atoms with E-state index in [0.717, 1.165) is 17.7 Å². The molecular weight excluding hydrogens is 208 g/mol. The normalized spacial score (nSPS) is 18.9. The maximum Gasteiger partial charge on any atom is 0.317 e.